The number of carbonyl (C=O) groups is 2. The number of hydrogen-bond acceptors (Lipinski definition) is 3. The third-order valence-electron chi connectivity index (χ3n) is 3.53. The Morgan fingerprint density at radius 3 is 2.70 bits per heavy atom. The van der Waals surface area contributed by atoms with Crippen molar-refractivity contribution in [1.82, 2.24) is 4.90 Å². The maximum absolute atomic E-state index is 13.4. The minimum Gasteiger partial charge on any atom is -0.467 e. The van der Waals surface area contributed by atoms with Gasteiger partial charge in [-0.25, -0.2) is 9.18 Å². The molecule has 1 atom stereocenters. The molecule has 0 unspecified atom stereocenters. The van der Waals surface area contributed by atoms with Crippen molar-refractivity contribution >= 4 is 11.9 Å². The smallest absolute Gasteiger partial charge is 0.328 e. The topological polar surface area (TPSA) is 46.6 Å². The fourth-order valence-corrected chi connectivity index (χ4v) is 2.58. The molecule has 2 rings (SSSR count). The lowest BCUT2D eigenvalue weighted by Crippen LogP contribution is -2.48. The summed E-state index contributed by atoms with van der Waals surface area (Å²) in [5.41, 5.74) is 0.957. The number of esters is 1. The van der Waals surface area contributed by atoms with Crippen molar-refractivity contribution < 1.29 is 18.7 Å². The van der Waals surface area contributed by atoms with E-state index in [1.807, 2.05) is 0 Å². The van der Waals surface area contributed by atoms with Gasteiger partial charge in [0.1, 0.15) is 11.9 Å². The van der Waals surface area contributed by atoms with Gasteiger partial charge < -0.3 is 9.64 Å². The van der Waals surface area contributed by atoms with Gasteiger partial charge in [0.05, 0.1) is 7.11 Å². The molecule has 1 saturated heterocycles. The summed E-state index contributed by atoms with van der Waals surface area (Å²) < 4.78 is 18.2. The molecule has 20 heavy (non-hydrogen) atoms. The van der Waals surface area contributed by atoms with E-state index in [4.69, 9.17) is 4.74 Å². The highest BCUT2D eigenvalue weighted by Crippen LogP contribution is 2.21. The number of likely N-dealkylation sites (tertiary alicyclic amines) is 1. The molecule has 1 aliphatic rings. The Morgan fingerprint density at radius 2 is 2.05 bits per heavy atom. The fraction of sp³-hybridized carbons (Fsp3) is 0.467. The van der Waals surface area contributed by atoms with E-state index in [9.17, 15) is 14.0 Å². The number of benzene rings is 1. The molecule has 0 N–H and O–H groups in total. The van der Waals surface area contributed by atoms with E-state index in [-0.39, 0.29) is 11.5 Å². The van der Waals surface area contributed by atoms with Crippen LogP contribution in [0, 0.1) is 12.7 Å². The third kappa shape index (κ3) is 2.98. The second kappa shape index (κ2) is 6.03. The van der Waals surface area contributed by atoms with Gasteiger partial charge >= 0.3 is 5.97 Å². The molecule has 4 nitrogen and oxygen atoms in total. The van der Waals surface area contributed by atoms with Crippen molar-refractivity contribution in [3.63, 3.8) is 0 Å². The summed E-state index contributed by atoms with van der Waals surface area (Å²) in [6.45, 7) is 2.22. The first-order valence-electron chi connectivity index (χ1n) is 6.69. The zero-order valence-electron chi connectivity index (χ0n) is 11.7. The molecular weight excluding hydrogens is 261 g/mol. The average molecular weight is 279 g/mol. The third-order valence-corrected chi connectivity index (χ3v) is 3.53. The Bertz CT molecular complexity index is 510. The van der Waals surface area contributed by atoms with E-state index in [0.29, 0.717) is 18.5 Å². The van der Waals surface area contributed by atoms with Crippen LogP contribution in [0.2, 0.25) is 0 Å². The zero-order valence-corrected chi connectivity index (χ0v) is 11.7. The minimum absolute atomic E-state index is 0.276. The van der Waals surface area contributed by atoms with Crippen molar-refractivity contribution in [1.29, 1.82) is 0 Å². The molecule has 0 bridgehead atoms. The van der Waals surface area contributed by atoms with Gasteiger partial charge in [-0.3, -0.25) is 4.79 Å². The molecule has 0 aromatic heterocycles. The van der Waals surface area contributed by atoms with Gasteiger partial charge in [0.2, 0.25) is 0 Å². The van der Waals surface area contributed by atoms with Gasteiger partial charge in [0, 0.05) is 12.1 Å². The average Bonchev–Trinajstić information content (AvgIpc) is 2.44. The van der Waals surface area contributed by atoms with Crippen LogP contribution in [0.15, 0.2) is 18.2 Å². The second-order valence-electron chi connectivity index (χ2n) is 5.05. The van der Waals surface area contributed by atoms with Crippen molar-refractivity contribution in [2.45, 2.75) is 32.2 Å². The molecule has 0 spiro atoms. The fourth-order valence-electron chi connectivity index (χ4n) is 2.58. The quantitative estimate of drug-likeness (QED) is 0.780. The molecule has 1 aromatic rings. The number of hydrogen-bond donors (Lipinski definition) is 0. The summed E-state index contributed by atoms with van der Waals surface area (Å²) in [5, 5.41) is 0. The Kier molecular flexibility index (Phi) is 4.37. The first kappa shape index (κ1) is 14.5. The highest BCUT2D eigenvalue weighted by atomic mass is 19.1. The Balaban J connectivity index is 2.27. The van der Waals surface area contributed by atoms with Gasteiger partial charge in [-0.2, -0.15) is 0 Å². The SMILES string of the molecule is COC(=O)[C@H]1CCCCN1C(=O)c1cc(C)cc(F)c1. The van der Waals surface area contributed by atoms with E-state index < -0.39 is 17.8 Å². The number of aryl methyl sites for hydroxylation is 1. The Labute approximate surface area is 117 Å². The summed E-state index contributed by atoms with van der Waals surface area (Å²) in [5.74, 6) is -1.17. The van der Waals surface area contributed by atoms with Crippen LogP contribution in [0.1, 0.15) is 35.2 Å². The number of halogens is 1. The maximum Gasteiger partial charge on any atom is 0.328 e. The molecule has 0 radical (unpaired) electrons. The Morgan fingerprint density at radius 1 is 1.30 bits per heavy atom. The van der Waals surface area contributed by atoms with Crippen molar-refractivity contribution in [2.75, 3.05) is 13.7 Å². The first-order valence-corrected chi connectivity index (χ1v) is 6.69. The number of methoxy groups -OCH3 is 1. The number of amides is 1. The van der Waals surface area contributed by atoms with E-state index in [2.05, 4.69) is 0 Å². The van der Waals surface area contributed by atoms with Crippen LogP contribution in [0.25, 0.3) is 0 Å². The summed E-state index contributed by atoms with van der Waals surface area (Å²) in [6.07, 6.45) is 2.31. The predicted molar refractivity (Wildman–Crippen MR) is 71.8 cm³/mol. The van der Waals surface area contributed by atoms with E-state index in [0.717, 1.165) is 12.8 Å². The van der Waals surface area contributed by atoms with Gasteiger partial charge in [-0.05, 0) is 49.9 Å². The zero-order chi connectivity index (χ0) is 14.7. The molecule has 1 amide bonds. The Hall–Kier alpha value is -1.91. The van der Waals surface area contributed by atoms with Crippen LogP contribution in [0.4, 0.5) is 4.39 Å². The van der Waals surface area contributed by atoms with E-state index in [1.54, 1.807) is 13.0 Å². The van der Waals surface area contributed by atoms with Crippen molar-refractivity contribution in [2.24, 2.45) is 0 Å². The molecular formula is C15H18FNO3. The van der Waals surface area contributed by atoms with Crippen molar-refractivity contribution in [3.05, 3.63) is 35.1 Å². The summed E-state index contributed by atoms with van der Waals surface area (Å²) in [6, 6.07) is 3.64. The number of carbonyl (C=O) groups excluding carboxylic acids is 2. The summed E-state index contributed by atoms with van der Waals surface area (Å²) >= 11 is 0. The van der Waals surface area contributed by atoms with Crippen LogP contribution >= 0.6 is 0 Å². The van der Waals surface area contributed by atoms with Crippen LogP contribution in [0.3, 0.4) is 0 Å². The lowest BCUT2D eigenvalue weighted by molar-refractivity contribution is -0.147. The predicted octanol–water partition coefficient (Wildman–Crippen LogP) is 2.30. The molecule has 0 saturated carbocycles. The molecule has 5 heteroatoms. The van der Waals surface area contributed by atoms with Crippen LogP contribution < -0.4 is 0 Å². The second-order valence-corrected chi connectivity index (χ2v) is 5.05. The number of rotatable bonds is 2. The standard InChI is InChI=1S/C15H18FNO3/c1-10-7-11(9-12(16)8-10)14(18)17-6-4-3-5-13(17)15(19)20-2/h7-9,13H,3-6H2,1-2H3/t13-/m1/s1. The molecule has 1 heterocycles. The monoisotopic (exact) mass is 279 g/mol. The number of nitrogens with zero attached hydrogens (tertiary/aromatic N) is 1. The molecule has 1 aliphatic heterocycles. The summed E-state index contributed by atoms with van der Waals surface area (Å²) in [7, 11) is 1.31. The normalized spacial score (nSPS) is 18.8. The summed E-state index contributed by atoms with van der Waals surface area (Å²) in [4.78, 5) is 25.7. The lowest BCUT2D eigenvalue weighted by atomic mass is 10.0. The molecule has 1 aromatic carbocycles. The van der Waals surface area contributed by atoms with E-state index >= 15 is 0 Å². The van der Waals surface area contributed by atoms with Gasteiger partial charge in [-0.1, -0.05) is 0 Å². The van der Waals surface area contributed by atoms with E-state index in [1.165, 1.54) is 24.1 Å². The van der Waals surface area contributed by atoms with Crippen molar-refractivity contribution in [3.8, 4) is 0 Å². The lowest BCUT2D eigenvalue weighted by Gasteiger charge is -2.33. The maximum atomic E-state index is 13.4. The van der Waals surface area contributed by atoms with Gasteiger partial charge in [0.15, 0.2) is 0 Å². The first-order chi connectivity index (χ1) is 9.52. The highest BCUT2D eigenvalue weighted by Gasteiger charge is 2.33. The number of piperidine rings is 1. The molecule has 1 fully saturated rings. The van der Waals surface area contributed by atoms with Crippen LogP contribution in [0.5, 0.6) is 0 Å². The minimum atomic E-state index is -0.565. The van der Waals surface area contributed by atoms with Gasteiger partial charge in [-0.15, -0.1) is 0 Å². The van der Waals surface area contributed by atoms with Crippen LogP contribution in [-0.2, 0) is 9.53 Å². The van der Waals surface area contributed by atoms with Crippen LogP contribution in [-0.4, -0.2) is 36.5 Å². The van der Waals surface area contributed by atoms with Gasteiger partial charge in [0.25, 0.3) is 5.91 Å². The molecule has 0 aliphatic carbocycles. The number of ether oxygens (including phenoxy) is 1. The highest BCUT2D eigenvalue weighted by molar-refractivity contribution is 5.97. The largest absolute Gasteiger partial charge is 0.467 e. The molecule has 108 valence electrons.